The summed E-state index contributed by atoms with van der Waals surface area (Å²) < 4.78 is 0. The van der Waals surface area contributed by atoms with Crippen molar-refractivity contribution in [1.29, 1.82) is 0 Å². The number of aryl methyl sites for hydroxylation is 1. The van der Waals surface area contributed by atoms with E-state index in [1.54, 1.807) is 6.92 Å². The number of rotatable bonds is 4. The number of nitrogens with zero attached hydrogens (tertiary/aromatic N) is 2. The third kappa shape index (κ3) is 2.22. The van der Waals surface area contributed by atoms with Crippen LogP contribution in [0.25, 0.3) is 0 Å². The van der Waals surface area contributed by atoms with Crippen molar-refractivity contribution in [2.75, 3.05) is 11.9 Å². The molecule has 1 aromatic carbocycles. The van der Waals surface area contributed by atoms with Crippen LogP contribution in [-0.2, 0) is 6.42 Å². The molecular formula is C15H15N3O2. The van der Waals surface area contributed by atoms with Crippen molar-refractivity contribution >= 4 is 11.9 Å². The van der Waals surface area contributed by atoms with Crippen LogP contribution in [-0.4, -0.2) is 27.6 Å². The second kappa shape index (κ2) is 4.92. The Balaban J connectivity index is 1.66. The summed E-state index contributed by atoms with van der Waals surface area (Å²) in [7, 11) is 0. The summed E-state index contributed by atoms with van der Waals surface area (Å²) in [6, 6.07) is 8.39. The zero-order valence-electron chi connectivity index (χ0n) is 11.1. The molecule has 0 spiro atoms. The van der Waals surface area contributed by atoms with Gasteiger partial charge in [-0.15, -0.1) is 0 Å². The first-order valence-electron chi connectivity index (χ1n) is 6.54. The number of nitrogens with one attached hydrogen (secondary N) is 1. The fourth-order valence-electron chi connectivity index (χ4n) is 2.52. The van der Waals surface area contributed by atoms with Gasteiger partial charge in [0.05, 0.1) is 11.3 Å². The number of aromatic nitrogens is 2. The summed E-state index contributed by atoms with van der Waals surface area (Å²) in [5.41, 5.74) is 3.39. The molecule has 1 aromatic heterocycles. The molecular weight excluding hydrogens is 254 g/mol. The van der Waals surface area contributed by atoms with Gasteiger partial charge in [0.15, 0.2) is 0 Å². The monoisotopic (exact) mass is 269 g/mol. The fourth-order valence-corrected chi connectivity index (χ4v) is 2.52. The van der Waals surface area contributed by atoms with Gasteiger partial charge in [0.1, 0.15) is 0 Å². The predicted octanol–water partition coefficient (Wildman–Crippen LogP) is 2.24. The molecule has 0 saturated carbocycles. The molecule has 5 nitrogen and oxygen atoms in total. The van der Waals surface area contributed by atoms with E-state index in [1.165, 1.54) is 17.3 Å². The summed E-state index contributed by atoms with van der Waals surface area (Å²) in [5, 5.41) is 12.1. The van der Waals surface area contributed by atoms with Crippen LogP contribution >= 0.6 is 0 Å². The van der Waals surface area contributed by atoms with E-state index in [0.29, 0.717) is 17.6 Å². The number of hydrogen-bond donors (Lipinski definition) is 2. The van der Waals surface area contributed by atoms with E-state index in [4.69, 9.17) is 5.11 Å². The van der Waals surface area contributed by atoms with Crippen LogP contribution in [0, 0.1) is 6.92 Å². The first kappa shape index (κ1) is 12.6. The highest BCUT2D eigenvalue weighted by Gasteiger charge is 2.25. The van der Waals surface area contributed by atoms with Crippen LogP contribution in [0.5, 0.6) is 0 Å². The first-order valence-corrected chi connectivity index (χ1v) is 6.54. The van der Waals surface area contributed by atoms with Crippen LogP contribution in [0.1, 0.15) is 33.1 Å². The van der Waals surface area contributed by atoms with Gasteiger partial charge in [-0.3, -0.25) is 0 Å². The van der Waals surface area contributed by atoms with Gasteiger partial charge in [-0.05, 0) is 24.5 Å². The van der Waals surface area contributed by atoms with Crippen molar-refractivity contribution in [1.82, 2.24) is 9.97 Å². The Kier molecular flexibility index (Phi) is 3.10. The zero-order chi connectivity index (χ0) is 14.1. The highest BCUT2D eigenvalue weighted by atomic mass is 16.4. The molecule has 0 amide bonds. The maximum absolute atomic E-state index is 10.9. The second-order valence-corrected chi connectivity index (χ2v) is 4.98. The minimum Gasteiger partial charge on any atom is -0.478 e. The summed E-state index contributed by atoms with van der Waals surface area (Å²) in [6.07, 6.45) is 2.41. The van der Waals surface area contributed by atoms with Gasteiger partial charge in [0, 0.05) is 18.7 Å². The molecule has 0 radical (unpaired) electrons. The quantitative estimate of drug-likeness (QED) is 0.890. The highest BCUT2D eigenvalue weighted by Crippen LogP contribution is 2.34. The van der Waals surface area contributed by atoms with Gasteiger partial charge in [-0.2, -0.15) is 0 Å². The van der Waals surface area contributed by atoms with Gasteiger partial charge in [-0.1, -0.05) is 24.3 Å². The van der Waals surface area contributed by atoms with E-state index < -0.39 is 5.97 Å². The van der Waals surface area contributed by atoms with E-state index in [0.717, 1.165) is 13.0 Å². The van der Waals surface area contributed by atoms with Crippen LogP contribution in [0.3, 0.4) is 0 Å². The molecule has 1 heterocycles. The molecule has 5 heteroatoms. The lowest BCUT2D eigenvalue weighted by molar-refractivity contribution is 0.0695. The largest absolute Gasteiger partial charge is 0.478 e. The molecule has 102 valence electrons. The Morgan fingerprint density at radius 3 is 2.95 bits per heavy atom. The predicted molar refractivity (Wildman–Crippen MR) is 75.1 cm³/mol. The number of carbonyl (C=O) groups is 1. The lowest BCUT2D eigenvalue weighted by Crippen LogP contribution is -2.25. The summed E-state index contributed by atoms with van der Waals surface area (Å²) in [4.78, 5) is 19.1. The highest BCUT2D eigenvalue weighted by molar-refractivity contribution is 5.88. The number of aromatic carboxylic acids is 1. The Bertz CT molecular complexity index is 670. The van der Waals surface area contributed by atoms with Gasteiger partial charge >= 0.3 is 5.97 Å². The van der Waals surface area contributed by atoms with Gasteiger partial charge in [0.25, 0.3) is 0 Å². The van der Waals surface area contributed by atoms with Crippen LogP contribution in [0.2, 0.25) is 0 Å². The Labute approximate surface area is 116 Å². The molecule has 1 atom stereocenters. The number of benzene rings is 1. The maximum Gasteiger partial charge on any atom is 0.339 e. The van der Waals surface area contributed by atoms with Crippen molar-refractivity contribution < 1.29 is 9.90 Å². The third-order valence-corrected chi connectivity index (χ3v) is 3.68. The molecule has 20 heavy (non-hydrogen) atoms. The van der Waals surface area contributed by atoms with E-state index >= 15 is 0 Å². The van der Waals surface area contributed by atoms with Crippen LogP contribution < -0.4 is 5.32 Å². The molecule has 0 bridgehead atoms. The number of fused-ring (bicyclic) bond motifs is 1. The standard InChI is InChI=1S/C15H15N3O2/c1-9-13(14(19)20)8-17-15(18-9)16-7-11-6-10-4-2-3-5-12(10)11/h2-5,8,11H,6-7H2,1H3,(H,19,20)(H,16,17,18). The van der Waals surface area contributed by atoms with E-state index in [2.05, 4.69) is 33.5 Å². The van der Waals surface area contributed by atoms with E-state index in [-0.39, 0.29) is 5.56 Å². The lowest BCUT2D eigenvalue weighted by Gasteiger charge is -2.30. The van der Waals surface area contributed by atoms with E-state index in [1.807, 2.05) is 6.07 Å². The number of anilines is 1. The average molecular weight is 269 g/mol. The third-order valence-electron chi connectivity index (χ3n) is 3.68. The smallest absolute Gasteiger partial charge is 0.339 e. The second-order valence-electron chi connectivity index (χ2n) is 4.98. The summed E-state index contributed by atoms with van der Waals surface area (Å²) >= 11 is 0. The number of hydrogen-bond acceptors (Lipinski definition) is 4. The topological polar surface area (TPSA) is 75.1 Å². The van der Waals surface area contributed by atoms with Crippen LogP contribution in [0.4, 0.5) is 5.95 Å². The zero-order valence-corrected chi connectivity index (χ0v) is 11.1. The minimum absolute atomic E-state index is 0.143. The fraction of sp³-hybridized carbons (Fsp3) is 0.267. The first-order chi connectivity index (χ1) is 9.65. The summed E-state index contributed by atoms with van der Waals surface area (Å²) in [6.45, 7) is 2.44. The van der Waals surface area contributed by atoms with Crippen molar-refractivity contribution in [3.63, 3.8) is 0 Å². The molecule has 1 aliphatic carbocycles. The molecule has 2 aromatic rings. The number of carboxylic acid groups (broad SMARTS) is 1. The Hall–Kier alpha value is -2.43. The van der Waals surface area contributed by atoms with Crippen LogP contribution in [0.15, 0.2) is 30.5 Å². The molecule has 0 saturated heterocycles. The molecule has 2 N–H and O–H groups in total. The Morgan fingerprint density at radius 1 is 1.45 bits per heavy atom. The van der Waals surface area contributed by atoms with Gasteiger partial charge in [0.2, 0.25) is 5.95 Å². The minimum atomic E-state index is -0.998. The molecule has 1 unspecified atom stereocenters. The average Bonchev–Trinajstić information content (AvgIpc) is 2.39. The molecule has 0 aliphatic heterocycles. The van der Waals surface area contributed by atoms with Crippen molar-refractivity contribution in [3.05, 3.63) is 52.8 Å². The van der Waals surface area contributed by atoms with E-state index in [9.17, 15) is 4.79 Å². The molecule has 1 aliphatic rings. The molecule has 0 fully saturated rings. The molecule has 3 rings (SSSR count). The SMILES string of the molecule is Cc1nc(NCC2Cc3ccccc32)ncc1C(=O)O. The normalized spacial score (nSPS) is 16.1. The van der Waals surface area contributed by atoms with Crippen molar-refractivity contribution in [3.8, 4) is 0 Å². The van der Waals surface area contributed by atoms with Gasteiger partial charge in [-0.25, -0.2) is 14.8 Å². The lowest BCUT2D eigenvalue weighted by atomic mass is 9.78. The van der Waals surface area contributed by atoms with Crippen molar-refractivity contribution in [2.24, 2.45) is 0 Å². The van der Waals surface area contributed by atoms with Gasteiger partial charge < -0.3 is 10.4 Å². The Morgan fingerprint density at radius 2 is 2.25 bits per heavy atom. The number of carboxylic acids is 1. The van der Waals surface area contributed by atoms with Crippen molar-refractivity contribution in [2.45, 2.75) is 19.3 Å². The maximum atomic E-state index is 10.9. The summed E-state index contributed by atoms with van der Waals surface area (Å²) in [5.74, 6) is -0.0342.